The number of Topliss-reactive ketones (excluding diaryl/α,β-unsaturated/α-hetero) is 1. The number of ketones is 1. The number of halogens is 3. The van der Waals surface area contributed by atoms with Crippen LogP contribution in [0.25, 0.3) is 0 Å². The first-order valence-corrected chi connectivity index (χ1v) is 5.88. The third kappa shape index (κ3) is 3.38. The molecule has 0 fully saturated rings. The molecule has 2 aromatic carbocycles. The smallest absolute Gasteiger partial charge is 0.141 e. The van der Waals surface area contributed by atoms with Crippen LogP contribution < -0.4 is 0 Å². The Hall–Kier alpha value is -2.30. The summed E-state index contributed by atoms with van der Waals surface area (Å²) in [6.07, 6.45) is -0.463. The summed E-state index contributed by atoms with van der Waals surface area (Å²) in [5.74, 6) is -2.85. The topological polar surface area (TPSA) is 37.3 Å². The predicted molar refractivity (Wildman–Crippen MR) is 66.8 cm³/mol. The molecule has 0 saturated heterocycles. The number of hydrogen-bond donors (Lipinski definition) is 1. The van der Waals surface area contributed by atoms with Crippen LogP contribution in [0, 0.1) is 17.5 Å². The van der Waals surface area contributed by atoms with Gasteiger partial charge in [0.25, 0.3) is 0 Å². The summed E-state index contributed by atoms with van der Waals surface area (Å²) in [6, 6.07) is 6.42. The van der Waals surface area contributed by atoms with Crippen LogP contribution in [0.2, 0.25) is 0 Å². The summed E-state index contributed by atoms with van der Waals surface area (Å²) in [5, 5.41) is 9.06. The maximum atomic E-state index is 13.4. The highest BCUT2D eigenvalue weighted by molar-refractivity contribution is 5.83. The lowest BCUT2D eigenvalue weighted by molar-refractivity contribution is -0.117. The van der Waals surface area contributed by atoms with Crippen molar-refractivity contribution in [3.63, 3.8) is 0 Å². The van der Waals surface area contributed by atoms with E-state index in [1.807, 2.05) is 0 Å². The first kappa shape index (κ1) is 14.1. The van der Waals surface area contributed by atoms with Gasteiger partial charge in [0.2, 0.25) is 0 Å². The van der Waals surface area contributed by atoms with E-state index >= 15 is 0 Å². The van der Waals surface area contributed by atoms with Crippen LogP contribution in [0.1, 0.15) is 11.1 Å². The lowest BCUT2D eigenvalue weighted by atomic mass is 10.0. The van der Waals surface area contributed by atoms with Gasteiger partial charge in [-0.3, -0.25) is 4.79 Å². The minimum absolute atomic E-state index is 0.0654. The van der Waals surface area contributed by atoms with Crippen LogP contribution in [0.15, 0.2) is 36.4 Å². The molecule has 0 atom stereocenters. The molecule has 0 aliphatic carbocycles. The standard InChI is InChI=1S/C15H11F3O2/c16-11-3-1-9(14(17)7-11)5-13(20)6-10-2-4-12(19)8-15(10)18/h1-4,7-8,19H,5-6H2. The van der Waals surface area contributed by atoms with Crippen molar-refractivity contribution in [1.29, 1.82) is 0 Å². The fourth-order valence-corrected chi connectivity index (χ4v) is 1.83. The SMILES string of the molecule is O=C(Cc1ccc(O)cc1F)Cc1ccc(F)cc1F. The maximum Gasteiger partial charge on any atom is 0.141 e. The quantitative estimate of drug-likeness (QED) is 0.934. The molecule has 0 aliphatic heterocycles. The van der Waals surface area contributed by atoms with Crippen LogP contribution >= 0.6 is 0 Å². The summed E-state index contributed by atoms with van der Waals surface area (Å²) in [7, 11) is 0. The molecule has 0 bridgehead atoms. The van der Waals surface area contributed by atoms with Crippen molar-refractivity contribution < 1.29 is 23.1 Å². The van der Waals surface area contributed by atoms with Crippen molar-refractivity contribution in [3.05, 3.63) is 65.0 Å². The van der Waals surface area contributed by atoms with Crippen molar-refractivity contribution in [2.24, 2.45) is 0 Å². The van der Waals surface area contributed by atoms with Crippen molar-refractivity contribution in [2.45, 2.75) is 12.8 Å². The minimum Gasteiger partial charge on any atom is -0.508 e. The van der Waals surface area contributed by atoms with Crippen LogP contribution in [0.5, 0.6) is 5.75 Å². The minimum atomic E-state index is -0.801. The molecule has 5 heteroatoms. The molecule has 2 aromatic rings. The average molecular weight is 280 g/mol. The number of hydrogen-bond acceptors (Lipinski definition) is 2. The third-order valence-corrected chi connectivity index (χ3v) is 2.83. The molecule has 104 valence electrons. The van der Waals surface area contributed by atoms with E-state index in [4.69, 9.17) is 5.11 Å². The number of phenolic OH excluding ortho intramolecular Hbond substituents is 1. The molecule has 0 unspecified atom stereocenters. The number of carbonyl (C=O) groups is 1. The summed E-state index contributed by atoms with van der Waals surface area (Å²) in [4.78, 5) is 11.8. The summed E-state index contributed by atoms with van der Waals surface area (Å²) in [6.45, 7) is 0. The van der Waals surface area contributed by atoms with Gasteiger partial charge in [-0.25, -0.2) is 13.2 Å². The Labute approximate surface area is 113 Å². The molecule has 0 radical (unpaired) electrons. The molecule has 0 aromatic heterocycles. The zero-order valence-corrected chi connectivity index (χ0v) is 10.4. The van der Waals surface area contributed by atoms with Gasteiger partial charge in [0.15, 0.2) is 0 Å². The van der Waals surface area contributed by atoms with Gasteiger partial charge >= 0.3 is 0 Å². The molecule has 0 amide bonds. The molecular weight excluding hydrogens is 269 g/mol. The second kappa shape index (κ2) is 5.77. The van der Waals surface area contributed by atoms with E-state index in [-0.39, 0.29) is 29.7 Å². The number of rotatable bonds is 4. The van der Waals surface area contributed by atoms with Crippen LogP contribution in [-0.4, -0.2) is 10.9 Å². The monoisotopic (exact) mass is 280 g/mol. The zero-order chi connectivity index (χ0) is 14.7. The lowest BCUT2D eigenvalue weighted by Crippen LogP contribution is -2.09. The van der Waals surface area contributed by atoms with E-state index in [9.17, 15) is 18.0 Å². The molecular formula is C15H11F3O2. The Morgan fingerprint density at radius 1 is 0.900 bits per heavy atom. The second-order valence-electron chi connectivity index (χ2n) is 4.40. The van der Waals surface area contributed by atoms with Crippen molar-refractivity contribution in [1.82, 2.24) is 0 Å². The highest BCUT2D eigenvalue weighted by Gasteiger charge is 2.12. The van der Waals surface area contributed by atoms with E-state index in [0.717, 1.165) is 12.1 Å². The average Bonchev–Trinajstić information content (AvgIpc) is 2.36. The molecule has 2 rings (SSSR count). The van der Waals surface area contributed by atoms with Gasteiger partial charge in [0.05, 0.1) is 0 Å². The van der Waals surface area contributed by atoms with Gasteiger partial charge in [0, 0.05) is 25.0 Å². The number of aromatic hydroxyl groups is 1. The molecule has 1 N–H and O–H groups in total. The Morgan fingerprint density at radius 2 is 1.45 bits per heavy atom. The Morgan fingerprint density at radius 3 is 2.00 bits per heavy atom. The molecule has 20 heavy (non-hydrogen) atoms. The highest BCUT2D eigenvalue weighted by atomic mass is 19.1. The maximum absolute atomic E-state index is 13.4. The van der Waals surface area contributed by atoms with Crippen molar-refractivity contribution in [2.75, 3.05) is 0 Å². The summed E-state index contributed by atoms with van der Waals surface area (Å²) >= 11 is 0. The first-order chi connectivity index (χ1) is 9.45. The van der Waals surface area contributed by atoms with E-state index in [1.54, 1.807) is 0 Å². The normalized spacial score (nSPS) is 10.6. The van der Waals surface area contributed by atoms with Gasteiger partial charge < -0.3 is 5.11 Å². The van der Waals surface area contributed by atoms with Gasteiger partial charge in [0.1, 0.15) is 29.0 Å². The Balaban J connectivity index is 2.09. The Kier molecular flexibility index (Phi) is 4.08. The number of phenols is 1. The second-order valence-corrected chi connectivity index (χ2v) is 4.40. The van der Waals surface area contributed by atoms with Gasteiger partial charge in [-0.05, 0) is 23.3 Å². The van der Waals surface area contributed by atoms with E-state index < -0.39 is 23.2 Å². The van der Waals surface area contributed by atoms with Gasteiger partial charge in [-0.2, -0.15) is 0 Å². The number of carbonyl (C=O) groups excluding carboxylic acids is 1. The first-order valence-electron chi connectivity index (χ1n) is 5.88. The summed E-state index contributed by atoms with van der Waals surface area (Å²) < 4.78 is 39.6. The predicted octanol–water partition coefficient (Wildman–Crippen LogP) is 3.16. The molecule has 0 aliphatic rings. The third-order valence-electron chi connectivity index (χ3n) is 2.83. The van der Waals surface area contributed by atoms with Gasteiger partial charge in [-0.1, -0.05) is 12.1 Å². The van der Waals surface area contributed by atoms with Gasteiger partial charge in [-0.15, -0.1) is 0 Å². The molecule has 0 spiro atoms. The van der Waals surface area contributed by atoms with E-state index in [2.05, 4.69) is 0 Å². The van der Waals surface area contributed by atoms with E-state index in [1.165, 1.54) is 18.2 Å². The fourth-order valence-electron chi connectivity index (χ4n) is 1.83. The van der Waals surface area contributed by atoms with E-state index in [0.29, 0.717) is 6.07 Å². The zero-order valence-electron chi connectivity index (χ0n) is 10.4. The molecule has 0 saturated carbocycles. The van der Waals surface area contributed by atoms with Crippen molar-refractivity contribution in [3.8, 4) is 5.75 Å². The molecule has 0 heterocycles. The fraction of sp³-hybridized carbons (Fsp3) is 0.133. The number of benzene rings is 2. The van der Waals surface area contributed by atoms with Crippen LogP contribution in [-0.2, 0) is 17.6 Å². The summed E-state index contributed by atoms with van der Waals surface area (Å²) in [5.41, 5.74) is 0.186. The Bertz CT molecular complexity index is 598. The lowest BCUT2D eigenvalue weighted by Gasteiger charge is -2.05. The molecule has 2 nitrogen and oxygen atoms in total. The van der Waals surface area contributed by atoms with Crippen LogP contribution in [0.4, 0.5) is 13.2 Å². The van der Waals surface area contributed by atoms with Crippen molar-refractivity contribution >= 4 is 5.78 Å². The highest BCUT2D eigenvalue weighted by Crippen LogP contribution is 2.17. The largest absolute Gasteiger partial charge is 0.508 e. The van der Waals surface area contributed by atoms with Crippen LogP contribution in [0.3, 0.4) is 0 Å².